The largest absolute Gasteiger partial charge is 0.396 e. The highest BCUT2D eigenvalue weighted by Crippen LogP contribution is 2.26. The number of halogens is 1. The van der Waals surface area contributed by atoms with Crippen LogP contribution in [0.1, 0.15) is 0 Å². The van der Waals surface area contributed by atoms with E-state index in [4.69, 9.17) is 5.73 Å². The van der Waals surface area contributed by atoms with Gasteiger partial charge in [-0.1, -0.05) is 28.1 Å². The van der Waals surface area contributed by atoms with E-state index in [-0.39, 0.29) is 5.75 Å². The molecule has 5 nitrogen and oxygen atoms in total. The van der Waals surface area contributed by atoms with Gasteiger partial charge < -0.3 is 5.73 Å². The Morgan fingerprint density at radius 1 is 1.42 bits per heavy atom. The number of aromatic nitrogens is 2. The predicted molar refractivity (Wildman–Crippen MR) is 79.5 cm³/mol. The van der Waals surface area contributed by atoms with Crippen LogP contribution >= 0.6 is 15.9 Å². The Morgan fingerprint density at radius 2 is 2.16 bits per heavy atom. The lowest BCUT2D eigenvalue weighted by atomic mass is 10.1. The molecule has 0 bridgehead atoms. The van der Waals surface area contributed by atoms with Crippen molar-refractivity contribution in [3.63, 3.8) is 0 Å². The van der Waals surface area contributed by atoms with E-state index in [9.17, 15) is 8.42 Å². The third-order valence-electron chi connectivity index (χ3n) is 2.58. The fraction of sp³-hybridized carbons (Fsp3) is 0.250. The predicted octanol–water partition coefficient (Wildman–Crippen LogP) is 1.94. The number of hydrogen-bond acceptors (Lipinski definition) is 4. The van der Waals surface area contributed by atoms with Gasteiger partial charge in [0, 0.05) is 22.5 Å². The molecule has 1 heterocycles. The zero-order chi connectivity index (χ0) is 14.0. The standard InChI is InChI=1S/C12H14BrN3O2S/c1-19(17,18)6-5-16-8-11(14)12(15-16)9-3-2-4-10(13)7-9/h2-4,7-8H,5-6,14H2,1H3. The smallest absolute Gasteiger partial charge is 0.149 e. The molecule has 7 heteroatoms. The maximum Gasteiger partial charge on any atom is 0.149 e. The van der Waals surface area contributed by atoms with Gasteiger partial charge in [-0.2, -0.15) is 5.10 Å². The summed E-state index contributed by atoms with van der Waals surface area (Å²) in [7, 11) is -3.01. The number of aryl methyl sites for hydroxylation is 1. The minimum absolute atomic E-state index is 0.0477. The first-order valence-corrected chi connectivity index (χ1v) is 8.47. The van der Waals surface area contributed by atoms with E-state index < -0.39 is 9.84 Å². The van der Waals surface area contributed by atoms with Crippen molar-refractivity contribution in [1.82, 2.24) is 9.78 Å². The molecule has 0 amide bonds. The number of nitrogens with zero attached hydrogens (tertiary/aromatic N) is 2. The maximum atomic E-state index is 11.1. The zero-order valence-electron chi connectivity index (χ0n) is 10.4. The lowest BCUT2D eigenvalue weighted by Crippen LogP contribution is -2.11. The summed E-state index contributed by atoms with van der Waals surface area (Å²) in [6.45, 7) is 0.303. The molecule has 102 valence electrons. The molecule has 1 aromatic carbocycles. The van der Waals surface area contributed by atoms with Gasteiger partial charge in [-0.3, -0.25) is 4.68 Å². The second-order valence-corrected chi connectivity index (χ2v) is 7.51. The van der Waals surface area contributed by atoms with Gasteiger partial charge in [0.2, 0.25) is 0 Å². The molecule has 0 fully saturated rings. The SMILES string of the molecule is CS(=O)(=O)CCn1cc(N)c(-c2cccc(Br)c2)n1. The molecule has 2 N–H and O–H groups in total. The quantitative estimate of drug-likeness (QED) is 0.919. The molecule has 19 heavy (non-hydrogen) atoms. The zero-order valence-corrected chi connectivity index (χ0v) is 12.8. The maximum absolute atomic E-state index is 11.1. The van der Waals surface area contributed by atoms with E-state index in [0.717, 1.165) is 10.0 Å². The van der Waals surface area contributed by atoms with E-state index in [0.29, 0.717) is 17.9 Å². The Labute approximate surface area is 120 Å². The molecule has 2 aromatic rings. The van der Waals surface area contributed by atoms with Crippen LogP contribution in [0.15, 0.2) is 34.9 Å². The summed E-state index contributed by atoms with van der Waals surface area (Å²) in [6.07, 6.45) is 2.86. The third-order valence-corrected chi connectivity index (χ3v) is 4.00. The van der Waals surface area contributed by atoms with Crippen molar-refractivity contribution in [3.05, 3.63) is 34.9 Å². The van der Waals surface area contributed by atoms with Crippen LogP contribution in [-0.2, 0) is 16.4 Å². The highest BCUT2D eigenvalue weighted by Gasteiger charge is 2.10. The van der Waals surface area contributed by atoms with E-state index in [1.165, 1.54) is 6.26 Å². The van der Waals surface area contributed by atoms with Crippen molar-refractivity contribution in [2.45, 2.75) is 6.54 Å². The van der Waals surface area contributed by atoms with Gasteiger partial charge in [0.15, 0.2) is 0 Å². The number of rotatable bonds is 4. The first-order valence-electron chi connectivity index (χ1n) is 5.62. The lowest BCUT2D eigenvalue weighted by molar-refractivity contribution is 0.586. The van der Waals surface area contributed by atoms with Crippen LogP contribution in [0, 0.1) is 0 Å². The van der Waals surface area contributed by atoms with Crippen molar-refractivity contribution >= 4 is 31.5 Å². The molecule has 0 spiro atoms. The molecule has 1 aromatic heterocycles. The summed E-state index contributed by atoms with van der Waals surface area (Å²) in [6, 6.07) is 7.64. The molecule has 0 saturated heterocycles. The van der Waals surface area contributed by atoms with Crippen LogP contribution in [0.5, 0.6) is 0 Å². The van der Waals surface area contributed by atoms with Gasteiger partial charge in [-0.05, 0) is 12.1 Å². The van der Waals surface area contributed by atoms with Crippen molar-refractivity contribution in [1.29, 1.82) is 0 Å². The number of sulfone groups is 1. The van der Waals surface area contributed by atoms with Crippen LogP contribution in [0.4, 0.5) is 5.69 Å². The fourth-order valence-electron chi connectivity index (χ4n) is 1.67. The Hall–Kier alpha value is -1.34. The molecule has 0 radical (unpaired) electrons. The Bertz CT molecular complexity index is 695. The summed E-state index contributed by atoms with van der Waals surface area (Å²) < 4.78 is 24.8. The average molecular weight is 344 g/mol. The lowest BCUT2D eigenvalue weighted by Gasteiger charge is -2.00. The molecule has 2 rings (SSSR count). The summed E-state index contributed by atoms with van der Waals surface area (Å²) in [5.74, 6) is 0.0477. The van der Waals surface area contributed by atoms with Gasteiger partial charge in [-0.15, -0.1) is 0 Å². The van der Waals surface area contributed by atoms with Crippen molar-refractivity contribution in [3.8, 4) is 11.3 Å². The van der Waals surface area contributed by atoms with E-state index in [1.807, 2.05) is 24.3 Å². The fourth-order valence-corrected chi connectivity index (χ4v) is 2.59. The Kier molecular flexibility index (Phi) is 3.96. The van der Waals surface area contributed by atoms with Crippen molar-refractivity contribution in [2.75, 3.05) is 17.7 Å². The molecular weight excluding hydrogens is 330 g/mol. The van der Waals surface area contributed by atoms with Crippen LogP contribution in [0.3, 0.4) is 0 Å². The van der Waals surface area contributed by atoms with Crippen molar-refractivity contribution in [2.24, 2.45) is 0 Å². The topological polar surface area (TPSA) is 78.0 Å². The minimum atomic E-state index is -3.01. The molecule has 0 saturated carbocycles. The second kappa shape index (κ2) is 5.34. The molecule has 0 unspecified atom stereocenters. The molecule has 0 aliphatic rings. The van der Waals surface area contributed by atoms with E-state index >= 15 is 0 Å². The molecule has 0 aliphatic carbocycles. The molecule has 0 aliphatic heterocycles. The minimum Gasteiger partial charge on any atom is -0.396 e. The normalized spacial score (nSPS) is 11.7. The van der Waals surface area contributed by atoms with Gasteiger partial charge in [0.05, 0.1) is 18.0 Å². The number of nitrogens with two attached hydrogens (primary N) is 1. The Balaban J connectivity index is 2.26. The average Bonchev–Trinajstić information content (AvgIpc) is 2.67. The number of anilines is 1. The van der Waals surface area contributed by atoms with E-state index in [1.54, 1.807) is 10.9 Å². The highest BCUT2D eigenvalue weighted by molar-refractivity contribution is 9.10. The Morgan fingerprint density at radius 3 is 2.79 bits per heavy atom. The number of benzene rings is 1. The second-order valence-electron chi connectivity index (χ2n) is 4.34. The number of nitrogen functional groups attached to an aromatic ring is 1. The van der Waals surface area contributed by atoms with Crippen LogP contribution < -0.4 is 5.73 Å². The first kappa shape index (κ1) is 14.1. The first-order chi connectivity index (χ1) is 8.85. The molecular formula is C12H14BrN3O2S. The van der Waals surface area contributed by atoms with Gasteiger partial charge in [0.25, 0.3) is 0 Å². The third kappa shape index (κ3) is 3.81. The van der Waals surface area contributed by atoms with Gasteiger partial charge in [0.1, 0.15) is 15.5 Å². The summed E-state index contributed by atoms with van der Waals surface area (Å²) in [5.41, 5.74) is 8.00. The van der Waals surface area contributed by atoms with Gasteiger partial charge >= 0.3 is 0 Å². The summed E-state index contributed by atoms with van der Waals surface area (Å²) >= 11 is 3.39. The van der Waals surface area contributed by atoms with Gasteiger partial charge in [-0.25, -0.2) is 8.42 Å². The monoisotopic (exact) mass is 343 g/mol. The van der Waals surface area contributed by atoms with Crippen molar-refractivity contribution < 1.29 is 8.42 Å². The van der Waals surface area contributed by atoms with E-state index in [2.05, 4.69) is 21.0 Å². The molecule has 0 atom stereocenters. The van der Waals surface area contributed by atoms with Crippen LogP contribution in [0.25, 0.3) is 11.3 Å². The van der Waals surface area contributed by atoms with Crippen LogP contribution in [0.2, 0.25) is 0 Å². The summed E-state index contributed by atoms with van der Waals surface area (Å²) in [4.78, 5) is 0. The summed E-state index contributed by atoms with van der Waals surface area (Å²) in [5, 5.41) is 4.33. The van der Waals surface area contributed by atoms with Crippen LogP contribution in [-0.4, -0.2) is 30.2 Å². The highest BCUT2D eigenvalue weighted by atomic mass is 79.9. The number of hydrogen-bond donors (Lipinski definition) is 1.